The van der Waals surface area contributed by atoms with E-state index in [0.29, 0.717) is 5.03 Å². The van der Waals surface area contributed by atoms with E-state index in [4.69, 9.17) is 11.6 Å². The van der Waals surface area contributed by atoms with Crippen LogP contribution in [0.1, 0.15) is 0 Å². The van der Waals surface area contributed by atoms with E-state index >= 15 is 0 Å². The van der Waals surface area contributed by atoms with Crippen molar-refractivity contribution < 1.29 is 0 Å². The minimum Gasteiger partial charge on any atom is -0.0991 e. The predicted molar refractivity (Wildman–Crippen MR) is 34.3 cm³/mol. The van der Waals surface area contributed by atoms with Gasteiger partial charge in [0.05, 0.1) is 0 Å². The zero-order valence-corrected chi connectivity index (χ0v) is 4.78. The van der Waals surface area contributed by atoms with E-state index in [1.54, 1.807) is 18.2 Å². The van der Waals surface area contributed by atoms with Gasteiger partial charge in [-0.15, -0.1) is 0 Å². The lowest BCUT2D eigenvalue weighted by Crippen LogP contribution is -1.50. The first-order valence-electron chi connectivity index (χ1n) is 1.91. The van der Waals surface area contributed by atoms with Crippen molar-refractivity contribution in [1.29, 1.82) is 0 Å². The third-order valence-corrected chi connectivity index (χ3v) is 0.539. The van der Waals surface area contributed by atoms with Crippen LogP contribution in [0.5, 0.6) is 0 Å². The number of hydrogen-bond acceptors (Lipinski definition) is 0. The summed E-state index contributed by atoms with van der Waals surface area (Å²) in [4.78, 5) is 0. The molecule has 0 bridgehead atoms. The Balaban J connectivity index is 3.46. The molecule has 0 aliphatic carbocycles. The number of rotatable bonds is 2. The fourth-order valence-electron chi connectivity index (χ4n) is 0.172. The molecule has 38 valence electrons. The summed E-state index contributed by atoms with van der Waals surface area (Å²) in [6.07, 6.45) is 5.05. The van der Waals surface area contributed by atoms with Gasteiger partial charge in [-0.25, -0.2) is 0 Å². The molecule has 0 aromatic rings. The van der Waals surface area contributed by atoms with Crippen LogP contribution in [0.15, 0.2) is 36.4 Å². The van der Waals surface area contributed by atoms with Gasteiger partial charge in [-0.05, 0) is 6.08 Å². The molecule has 0 amide bonds. The fraction of sp³-hybridized carbons (Fsp3) is 0. The lowest BCUT2D eigenvalue weighted by molar-refractivity contribution is 1.92. The maximum absolute atomic E-state index is 5.33. The SMILES string of the molecule is C=CC=CC(=C)Cl. The van der Waals surface area contributed by atoms with E-state index in [2.05, 4.69) is 13.2 Å². The summed E-state index contributed by atoms with van der Waals surface area (Å²) < 4.78 is 0. The number of halogens is 1. The molecule has 0 aliphatic rings. The molecular formula is C6H7Cl. The van der Waals surface area contributed by atoms with Gasteiger partial charge in [-0.3, -0.25) is 0 Å². The average molecular weight is 115 g/mol. The molecule has 0 fully saturated rings. The quantitative estimate of drug-likeness (QED) is 0.484. The first kappa shape index (κ1) is 6.51. The Kier molecular flexibility index (Phi) is 3.43. The molecule has 0 saturated heterocycles. The predicted octanol–water partition coefficient (Wildman–Crippen LogP) is 2.48. The van der Waals surface area contributed by atoms with Crippen LogP contribution in [0.3, 0.4) is 0 Å². The van der Waals surface area contributed by atoms with Crippen LogP contribution in [-0.2, 0) is 0 Å². The van der Waals surface area contributed by atoms with Crippen molar-refractivity contribution in [2.45, 2.75) is 0 Å². The lowest BCUT2D eigenvalue weighted by atomic mass is 10.5. The Morgan fingerprint density at radius 1 is 1.57 bits per heavy atom. The molecule has 0 aliphatic heterocycles. The monoisotopic (exact) mass is 114 g/mol. The molecule has 7 heavy (non-hydrogen) atoms. The largest absolute Gasteiger partial charge is 0.0991 e. The van der Waals surface area contributed by atoms with Gasteiger partial charge < -0.3 is 0 Å². The van der Waals surface area contributed by atoms with Crippen LogP contribution < -0.4 is 0 Å². The third-order valence-electron chi connectivity index (χ3n) is 0.413. The number of allylic oxidation sites excluding steroid dienone is 4. The summed E-state index contributed by atoms with van der Waals surface area (Å²) in [5.41, 5.74) is 0. The molecule has 0 heterocycles. The van der Waals surface area contributed by atoms with Crippen LogP contribution >= 0.6 is 11.6 Å². The summed E-state index contributed by atoms with van der Waals surface area (Å²) in [7, 11) is 0. The van der Waals surface area contributed by atoms with Crippen molar-refractivity contribution in [3.05, 3.63) is 36.4 Å². The second-order valence-electron chi connectivity index (χ2n) is 1.04. The zero-order chi connectivity index (χ0) is 5.70. The summed E-state index contributed by atoms with van der Waals surface area (Å²) in [5, 5.41) is 0.528. The summed E-state index contributed by atoms with van der Waals surface area (Å²) in [6.45, 7) is 6.87. The lowest BCUT2D eigenvalue weighted by Gasteiger charge is -1.74. The highest BCUT2D eigenvalue weighted by atomic mass is 35.5. The minimum atomic E-state index is 0.528. The van der Waals surface area contributed by atoms with Gasteiger partial charge in [-0.2, -0.15) is 0 Å². The van der Waals surface area contributed by atoms with Gasteiger partial charge >= 0.3 is 0 Å². The van der Waals surface area contributed by atoms with Crippen LogP contribution in [0, 0.1) is 0 Å². The molecule has 0 N–H and O–H groups in total. The maximum Gasteiger partial charge on any atom is 0.0334 e. The summed E-state index contributed by atoms with van der Waals surface area (Å²) >= 11 is 5.33. The van der Waals surface area contributed by atoms with Crippen molar-refractivity contribution in [2.24, 2.45) is 0 Å². The van der Waals surface area contributed by atoms with Gasteiger partial charge in [0.1, 0.15) is 0 Å². The molecular weight excluding hydrogens is 108 g/mol. The Morgan fingerprint density at radius 2 is 2.14 bits per heavy atom. The van der Waals surface area contributed by atoms with Gasteiger partial charge in [0, 0.05) is 5.03 Å². The van der Waals surface area contributed by atoms with Crippen molar-refractivity contribution in [3.63, 3.8) is 0 Å². The molecule has 1 heteroatoms. The first-order valence-corrected chi connectivity index (χ1v) is 2.28. The van der Waals surface area contributed by atoms with Crippen LogP contribution in [-0.4, -0.2) is 0 Å². The van der Waals surface area contributed by atoms with Crippen LogP contribution in [0.2, 0.25) is 0 Å². The highest BCUT2D eigenvalue weighted by Crippen LogP contribution is 1.96. The normalized spacial score (nSPS) is 9.29. The standard InChI is InChI=1S/C6H7Cl/c1-3-4-5-6(2)7/h3-5H,1-2H2. The minimum absolute atomic E-state index is 0.528. The molecule has 0 rings (SSSR count). The van der Waals surface area contributed by atoms with Crippen molar-refractivity contribution in [2.75, 3.05) is 0 Å². The Hall–Kier alpha value is -0.490. The maximum atomic E-state index is 5.33. The first-order chi connectivity index (χ1) is 3.27. The van der Waals surface area contributed by atoms with Gasteiger partial charge in [0.25, 0.3) is 0 Å². The van der Waals surface area contributed by atoms with Gasteiger partial charge in [0.15, 0.2) is 0 Å². The van der Waals surface area contributed by atoms with E-state index in [1.807, 2.05) is 0 Å². The molecule has 0 aromatic carbocycles. The molecule has 0 spiro atoms. The molecule has 0 nitrogen and oxygen atoms in total. The van der Waals surface area contributed by atoms with Crippen molar-refractivity contribution >= 4 is 11.6 Å². The van der Waals surface area contributed by atoms with Crippen LogP contribution in [0.25, 0.3) is 0 Å². The summed E-state index contributed by atoms with van der Waals surface area (Å²) in [6, 6.07) is 0. The Labute approximate surface area is 48.8 Å². The van der Waals surface area contributed by atoms with Gasteiger partial charge in [0.2, 0.25) is 0 Å². The second kappa shape index (κ2) is 3.69. The van der Waals surface area contributed by atoms with Crippen molar-refractivity contribution in [1.82, 2.24) is 0 Å². The Bertz CT molecular complexity index is 101. The fourth-order valence-corrected chi connectivity index (χ4v) is 0.245. The van der Waals surface area contributed by atoms with E-state index in [9.17, 15) is 0 Å². The van der Waals surface area contributed by atoms with E-state index < -0.39 is 0 Å². The highest BCUT2D eigenvalue weighted by molar-refractivity contribution is 6.30. The Morgan fingerprint density at radius 3 is 2.29 bits per heavy atom. The molecule has 0 atom stereocenters. The number of hydrogen-bond donors (Lipinski definition) is 0. The third kappa shape index (κ3) is 5.51. The van der Waals surface area contributed by atoms with E-state index in [1.165, 1.54) is 0 Å². The summed E-state index contributed by atoms with van der Waals surface area (Å²) in [5.74, 6) is 0. The van der Waals surface area contributed by atoms with Crippen LogP contribution in [0.4, 0.5) is 0 Å². The van der Waals surface area contributed by atoms with E-state index in [-0.39, 0.29) is 0 Å². The van der Waals surface area contributed by atoms with Crippen molar-refractivity contribution in [3.8, 4) is 0 Å². The average Bonchev–Trinajstić information content (AvgIpc) is 1.61. The zero-order valence-electron chi connectivity index (χ0n) is 4.02. The molecule has 0 radical (unpaired) electrons. The smallest absolute Gasteiger partial charge is 0.0334 e. The molecule has 0 saturated carbocycles. The molecule has 0 unspecified atom stereocenters. The highest BCUT2D eigenvalue weighted by Gasteiger charge is 1.68. The van der Waals surface area contributed by atoms with Gasteiger partial charge in [-0.1, -0.05) is 36.9 Å². The topological polar surface area (TPSA) is 0 Å². The van der Waals surface area contributed by atoms with E-state index in [0.717, 1.165) is 0 Å². The second-order valence-corrected chi connectivity index (χ2v) is 1.53. The molecule has 0 aromatic heterocycles.